The minimum atomic E-state index is -0.898. The van der Waals surface area contributed by atoms with Gasteiger partial charge in [-0.25, -0.2) is 0 Å². The molecule has 380 valence electrons. The lowest BCUT2D eigenvalue weighted by Crippen LogP contribution is -2.26. The molecule has 1 aliphatic rings. The lowest BCUT2D eigenvalue weighted by molar-refractivity contribution is -0.171. The van der Waals surface area contributed by atoms with Crippen LogP contribution in [0.25, 0.3) is 44.1 Å². The van der Waals surface area contributed by atoms with Crippen molar-refractivity contribution in [3.8, 4) is 22.3 Å². The Labute approximate surface area is 416 Å². The summed E-state index contributed by atoms with van der Waals surface area (Å²) in [6.45, 7) is 5.40. The largest absolute Gasteiger partial charge is 0.481 e. The average Bonchev–Trinajstić information content (AvgIpc) is 3.68. The molecule has 9 N–H and O–H groups in total. The van der Waals surface area contributed by atoms with Crippen molar-refractivity contribution >= 4 is 45.5 Å². The van der Waals surface area contributed by atoms with Crippen LogP contribution < -0.4 is 11.1 Å². The van der Waals surface area contributed by atoms with Crippen LogP contribution in [0, 0.1) is 0 Å². The summed E-state index contributed by atoms with van der Waals surface area (Å²) in [5.74, 6) is -1.90. The summed E-state index contributed by atoms with van der Waals surface area (Å²) in [5, 5.41) is 60.1. The molecule has 0 spiro atoms. The van der Waals surface area contributed by atoms with Crippen LogP contribution >= 0.6 is 0 Å². The van der Waals surface area contributed by atoms with Crippen molar-refractivity contribution in [2.24, 2.45) is 5.73 Å². The van der Waals surface area contributed by atoms with Crippen LogP contribution in [0.15, 0.2) is 109 Å². The van der Waals surface area contributed by atoms with Crippen molar-refractivity contribution in [1.82, 2.24) is 20.3 Å². The number of benzene rings is 4. The van der Waals surface area contributed by atoms with Gasteiger partial charge in [0, 0.05) is 42.6 Å². The highest BCUT2D eigenvalue weighted by molar-refractivity contribution is 6.00. The number of hydrogen-bond acceptors (Lipinski definition) is 12. The molecule has 1 aliphatic heterocycles. The Hall–Kier alpha value is -6.46. The van der Waals surface area contributed by atoms with Gasteiger partial charge in [-0.05, 0) is 102 Å². The number of fused-ring (bicyclic) bond motifs is 2. The number of carboxylic acid groups (broad SMARTS) is 1. The molecule has 0 saturated carbocycles. The van der Waals surface area contributed by atoms with Crippen molar-refractivity contribution in [3.05, 3.63) is 132 Å². The first-order valence-corrected chi connectivity index (χ1v) is 24.6. The number of carboxylic acids is 1. The lowest BCUT2D eigenvalue weighted by atomic mass is 9.93. The van der Waals surface area contributed by atoms with Crippen LogP contribution in [0.2, 0.25) is 0 Å². The number of unbranched alkanes of at least 4 members (excludes halogenated alkanes) is 4. The maximum Gasteiger partial charge on any atom is 0.307 e. The van der Waals surface area contributed by atoms with E-state index in [4.69, 9.17) is 21.2 Å². The number of aromatic nitrogens is 2. The molecule has 3 amide bonds. The fourth-order valence-corrected chi connectivity index (χ4v) is 7.89. The van der Waals surface area contributed by atoms with Gasteiger partial charge in [0.15, 0.2) is 0 Å². The molecular weight excluding hydrogens is 903 g/mol. The summed E-state index contributed by atoms with van der Waals surface area (Å²) < 4.78 is 0. The molecule has 71 heavy (non-hydrogen) atoms. The number of hydrogen-bond donors (Lipinski definition) is 8. The van der Waals surface area contributed by atoms with Gasteiger partial charge in [-0.1, -0.05) is 124 Å². The lowest BCUT2D eigenvalue weighted by Gasteiger charge is -2.15. The summed E-state index contributed by atoms with van der Waals surface area (Å²) in [6, 6.07) is 31.7. The van der Waals surface area contributed by atoms with Crippen LogP contribution in [0.5, 0.6) is 0 Å². The number of nitrogens with zero attached hydrogens (tertiary/aromatic N) is 3. The van der Waals surface area contributed by atoms with E-state index in [-0.39, 0.29) is 49.9 Å². The van der Waals surface area contributed by atoms with Crippen LogP contribution in [-0.4, -0.2) is 108 Å². The molecule has 0 bridgehead atoms. The van der Waals surface area contributed by atoms with E-state index in [1.165, 1.54) is 19.3 Å². The van der Waals surface area contributed by atoms with E-state index in [2.05, 4.69) is 41.3 Å². The molecule has 1 saturated heterocycles. The van der Waals surface area contributed by atoms with Crippen molar-refractivity contribution in [1.29, 1.82) is 0 Å². The van der Waals surface area contributed by atoms with Crippen molar-refractivity contribution in [2.75, 3.05) is 26.3 Å². The van der Waals surface area contributed by atoms with Crippen molar-refractivity contribution in [2.45, 2.75) is 116 Å². The highest BCUT2D eigenvalue weighted by atomic mass is 16.5. The number of nitrogens with one attached hydrogen (secondary N) is 1. The zero-order valence-electron chi connectivity index (χ0n) is 41.0. The minimum absolute atomic E-state index is 0.0108. The first kappa shape index (κ1) is 57.1. The summed E-state index contributed by atoms with van der Waals surface area (Å²) in [5.41, 5.74) is 14.5. The van der Waals surface area contributed by atoms with Crippen LogP contribution in [0.1, 0.15) is 100 Å². The van der Waals surface area contributed by atoms with E-state index >= 15 is 0 Å². The summed E-state index contributed by atoms with van der Waals surface area (Å²) >= 11 is 0. The maximum atomic E-state index is 12.6. The third kappa shape index (κ3) is 18.7. The smallest absolute Gasteiger partial charge is 0.307 e. The zero-order valence-corrected chi connectivity index (χ0v) is 41.0. The standard InChI is InChI=1S/C26H32N2O3.C21H21NO4.C5H13N.C4H5NO3/c1-2-3-6-14-27-25(31)16-21-17-28-24-11-5-4-10-23(24)26(21)20-9-7-8-19(15-20)12-13-22(30)18-29;23-13-17(24)9-8-14-4-3-5-15(10-14)21-16(11-20(25)26)12-22-19-7-2-1-6-18(19)21;1-2-3-4-5-6;6-3-1-2-4(7)5(3)8/h4-5,7-11,15,17,22,29-30H,2-3,6,12-14,16,18H2,1H3,(H,27,31);1-7,10,12,17,23-24H,8-9,11,13H2,(H,25,26);2-6H2,1H3;8H,1-2H2. The maximum absolute atomic E-state index is 12.6. The number of aryl methyl sites for hydroxylation is 2. The van der Waals surface area contributed by atoms with Gasteiger partial charge in [-0.2, -0.15) is 5.06 Å². The third-order valence-electron chi connectivity index (χ3n) is 11.7. The van der Waals surface area contributed by atoms with Gasteiger partial charge in [0.25, 0.3) is 11.8 Å². The summed E-state index contributed by atoms with van der Waals surface area (Å²) in [6.07, 6.45) is 11.7. The van der Waals surface area contributed by atoms with Gasteiger partial charge in [-0.15, -0.1) is 0 Å². The molecule has 1 fully saturated rings. The quantitative estimate of drug-likeness (QED) is 0.0198. The number of aliphatic carboxylic acids is 1. The molecule has 15 heteroatoms. The predicted molar refractivity (Wildman–Crippen MR) is 276 cm³/mol. The Bertz CT molecular complexity index is 2600. The van der Waals surface area contributed by atoms with Gasteiger partial charge in [0.1, 0.15) is 0 Å². The fourth-order valence-electron chi connectivity index (χ4n) is 7.89. The van der Waals surface area contributed by atoms with Gasteiger partial charge in [-0.3, -0.25) is 34.4 Å². The predicted octanol–water partition coefficient (Wildman–Crippen LogP) is 7.51. The summed E-state index contributed by atoms with van der Waals surface area (Å²) in [7, 11) is 0. The molecular formula is C56H71N5O10. The average molecular weight is 974 g/mol. The Kier molecular flexibility index (Phi) is 24.9. The number of carbonyl (C=O) groups excluding carboxylic acids is 3. The van der Waals surface area contributed by atoms with Gasteiger partial charge in [0.2, 0.25) is 5.91 Å². The van der Waals surface area contributed by atoms with Gasteiger partial charge >= 0.3 is 5.97 Å². The Morgan fingerprint density at radius 1 is 0.662 bits per heavy atom. The number of pyridine rings is 2. The second-order valence-corrected chi connectivity index (χ2v) is 17.4. The van der Waals surface area contributed by atoms with E-state index in [1.807, 2.05) is 91.1 Å². The first-order chi connectivity index (χ1) is 34.3. The number of imide groups is 1. The second-order valence-electron chi connectivity index (χ2n) is 17.4. The van der Waals surface area contributed by atoms with Crippen LogP contribution in [-0.2, 0) is 44.9 Å². The van der Waals surface area contributed by atoms with E-state index in [1.54, 1.807) is 6.20 Å². The monoisotopic (exact) mass is 974 g/mol. The highest BCUT2D eigenvalue weighted by Crippen LogP contribution is 2.34. The number of nitrogens with two attached hydrogens (primary N) is 1. The topological polar surface area (TPSA) is 257 Å². The van der Waals surface area contributed by atoms with Gasteiger partial charge < -0.3 is 36.6 Å². The number of aliphatic hydroxyl groups is 4. The Morgan fingerprint density at radius 3 is 1.54 bits per heavy atom. The van der Waals surface area contributed by atoms with E-state index in [0.29, 0.717) is 37.8 Å². The van der Waals surface area contributed by atoms with E-state index in [9.17, 15) is 34.5 Å². The molecule has 6 aromatic rings. The minimum Gasteiger partial charge on any atom is -0.481 e. The SMILES string of the molecule is CCCCCN.CCCCCNC(=O)Cc1cnc2ccccc2c1-c1cccc(CCC(O)CO)c1.O=C(O)Cc1cnc2ccccc2c1-c1cccc(CCC(O)CO)c1.O=C1CCC(=O)N1O. The highest BCUT2D eigenvalue weighted by Gasteiger charge is 2.27. The number of hydroxylamine groups is 2. The van der Waals surface area contributed by atoms with E-state index < -0.39 is 30.0 Å². The molecule has 15 nitrogen and oxygen atoms in total. The molecule has 2 atom stereocenters. The van der Waals surface area contributed by atoms with E-state index in [0.717, 1.165) is 86.6 Å². The van der Waals surface area contributed by atoms with Gasteiger partial charge in [0.05, 0.1) is 49.3 Å². The second kappa shape index (κ2) is 31.0. The zero-order chi connectivity index (χ0) is 51.5. The molecule has 0 aliphatic carbocycles. The number of aliphatic hydroxyl groups excluding tert-OH is 4. The normalized spacial score (nSPS) is 12.8. The third-order valence-corrected chi connectivity index (χ3v) is 11.7. The number of para-hydroxylation sites is 2. The molecule has 3 heterocycles. The Balaban J connectivity index is 0.000000244. The molecule has 4 aromatic carbocycles. The number of amides is 3. The summed E-state index contributed by atoms with van der Waals surface area (Å²) in [4.78, 5) is 53.3. The van der Waals surface area contributed by atoms with Crippen LogP contribution in [0.4, 0.5) is 0 Å². The molecule has 0 radical (unpaired) electrons. The fraction of sp³-hybridized carbons (Fsp3) is 0.393. The molecule has 2 unspecified atom stereocenters. The Morgan fingerprint density at radius 2 is 1.13 bits per heavy atom. The number of rotatable bonds is 21. The van der Waals surface area contributed by atoms with Crippen LogP contribution in [0.3, 0.4) is 0 Å². The van der Waals surface area contributed by atoms with Crippen molar-refractivity contribution < 1.29 is 49.9 Å². The van der Waals surface area contributed by atoms with Crippen molar-refractivity contribution in [3.63, 3.8) is 0 Å². The number of carbonyl (C=O) groups is 4. The molecule has 7 rings (SSSR count). The first-order valence-electron chi connectivity index (χ1n) is 24.6. The molecule has 2 aromatic heterocycles.